The average Bonchev–Trinajstić information content (AvgIpc) is 3.18. The molecule has 0 aliphatic carbocycles. The summed E-state index contributed by atoms with van der Waals surface area (Å²) >= 11 is 0. The standard InChI is InChI=1S/C19H22FN3O4/c1-26-14-5-4-13(16(20)9-14)12-23-7-6-21-19(25)17(23)10-18(24)22-11-15-3-2-8-27-15/h2-5,8-9,17H,6-7,10-12H2,1H3,(H,21,25)(H,22,24)/t17-/m0/s1. The lowest BCUT2D eigenvalue weighted by molar-refractivity contribution is -0.134. The fraction of sp³-hybridized carbons (Fsp3) is 0.368. The van der Waals surface area contributed by atoms with E-state index in [-0.39, 0.29) is 31.3 Å². The Hall–Kier alpha value is -2.87. The molecule has 0 bridgehead atoms. The summed E-state index contributed by atoms with van der Waals surface area (Å²) in [5.74, 6) is 0.161. The number of hydrogen-bond acceptors (Lipinski definition) is 5. The maximum absolute atomic E-state index is 14.3. The Morgan fingerprint density at radius 3 is 3.00 bits per heavy atom. The molecule has 1 aliphatic heterocycles. The van der Waals surface area contributed by atoms with Crippen LogP contribution in [-0.4, -0.2) is 43.0 Å². The smallest absolute Gasteiger partial charge is 0.237 e. The maximum atomic E-state index is 14.3. The van der Waals surface area contributed by atoms with Crippen LogP contribution in [0.5, 0.6) is 5.75 Å². The summed E-state index contributed by atoms with van der Waals surface area (Å²) in [4.78, 5) is 26.3. The number of furan rings is 1. The largest absolute Gasteiger partial charge is 0.497 e. The number of halogens is 1. The van der Waals surface area contributed by atoms with Crippen molar-refractivity contribution in [3.8, 4) is 5.75 Å². The molecule has 1 aliphatic rings. The molecule has 2 amide bonds. The molecule has 2 aromatic rings. The number of hydrogen-bond donors (Lipinski definition) is 2. The molecule has 2 heterocycles. The minimum absolute atomic E-state index is 0.00961. The Labute approximate surface area is 156 Å². The van der Waals surface area contributed by atoms with Gasteiger partial charge in [0.15, 0.2) is 0 Å². The van der Waals surface area contributed by atoms with Crippen molar-refractivity contribution in [2.75, 3.05) is 20.2 Å². The molecule has 0 unspecified atom stereocenters. The summed E-state index contributed by atoms with van der Waals surface area (Å²) in [5.41, 5.74) is 0.450. The van der Waals surface area contributed by atoms with Gasteiger partial charge >= 0.3 is 0 Å². The van der Waals surface area contributed by atoms with Crippen LogP contribution in [0.2, 0.25) is 0 Å². The van der Waals surface area contributed by atoms with Gasteiger partial charge < -0.3 is 19.8 Å². The first-order valence-corrected chi connectivity index (χ1v) is 8.70. The number of amides is 2. The van der Waals surface area contributed by atoms with E-state index < -0.39 is 11.9 Å². The first-order chi connectivity index (χ1) is 13.1. The highest BCUT2D eigenvalue weighted by Crippen LogP contribution is 2.20. The molecule has 1 aromatic carbocycles. The molecule has 1 saturated heterocycles. The fourth-order valence-corrected chi connectivity index (χ4v) is 3.02. The molecule has 1 fully saturated rings. The molecule has 2 N–H and O–H groups in total. The number of carbonyl (C=O) groups excluding carboxylic acids is 2. The lowest BCUT2D eigenvalue weighted by atomic mass is 10.1. The number of carbonyl (C=O) groups is 2. The fourth-order valence-electron chi connectivity index (χ4n) is 3.02. The highest BCUT2D eigenvalue weighted by atomic mass is 19.1. The number of rotatable bonds is 7. The summed E-state index contributed by atoms with van der Waals surface area (Å²) in [6.45, 7) is 1.49. The monoisotopic (exact) mass is 375 g/mol. The first-order valence-electron chi connectivity index (χ1n) is 8.70. The van der Waals surface area contributed by atoms with Crippen LogP contribution in [0.1, 0.15) is 17.7 Å². The van der Waals surface area contributed by atoms with E-state index in [4.69, 9.17) is 9.15 Å². The Morgan fingerprint density at radius 1 is 1.44 bits per heavy atom. The quantitative estimate of drug-likeness (QED) is 0.765. The Morgan fingerprint density at radius 2 is 2.30 bits per heavy atom. The van der Waals surface area contributed by atoms with Gasteiger partial charge in [-0.2, -0.15) is 0 Å². The molecule has 3 rings (SSSR count). The van der Waals surface area contributed by atoms with Crippen LogP contribution in [0.25, 0.3) is 0 Å². The van der Waals surface area contributed by atoms with Crippen LogP contribution in [0.4, 0.5) is 4.39 Å². The molecular weight excluding hydrogens is 353 g/mol. The van der Waals surface area contributed by atoms with Gasteiger partial charge in [0, 0.05) is 31.3 Å². The summed E-state index contributed by atoms with van der Waals surface area (Å²) in [5, 5.41) is 5.50. The maximum Gasteiger partial charge on any atom is 0.237 e. The molecule has 7 nitrogen and oxygen atoms in total. The van der Waals surface area contributed by atoms with Gasteiger partial charge in [0.2, 0.25) is 11.8 Å². The van der Waals surface area contributed by atoms with Crippen LogP contribution in [0, 0.1) is 5.82 Å². The zero-order valence-electron chi connectivity index (χ0n) is 15.0. The number of methoxy groups -OCH3 is 1. The second kappa shape index (κ2) is 8.68. The van der Waals surface area contributed by atoms with Gasteiger partial charge in [0.25, 0.3) is 0 Å². The second-order valence-corrected chi connectivity index (χ2v) is 6.29. The van der Waals surface area contributed by atoms with Gasteiger partial charge in [-0.3, -0.25) is 14.5 Å². The van der Waals surface area contributed by atoms with Gasteiger partial charge in [-0.15, -0.1) is 0 Å². The molecule has 0 saturated carbocycles. The van der Waals surface area contributed by atoms with Gasteiger partial charge in [0.1, 0.15) is 17.3 Å². The highest BCUT2D eigenvalue weighted by Gasteiger charge is 2.32. The lowest BCUT2D eigenvalue weighted by Crippen LogP contribution is -2.56. The Kier molecular flexibility index (Phi) is 6.08. The van der Waals surface area contributed by atoms with E-state index in [0.717, 1.165) is 0 Å². The van der Waals surface area contributed by atoms with E-state index in [0.29, 0.717) is 30.2 Å². The summed E-state index contributed by atoms with van der Waals surface area (Å²) in [6.07, 6.45) is 1.52. The molecule has 8 heteroatoms. The third kappa shape index (κ3) is 4.85. The zero-order valence-corrected chi connectivity index (χ0v) is 15.0. The molecule has 1 aromatic heterocycles. The third-order valence-electron chi connectivity index (χ3n) is 4.49. The van der Waals surface area contributed by atoms with E-state index in [1.807, 2.05) is 4.90 Å². The van der Waals surface area contributed by atoms with Crippen LogP contribution in [0.3, 0.4) is 0 Å². The minimum atomic E-state index is -0.656. The van der Waals surface area contributed by atoms with Crippen molar-refractivity contribution in [2.24, 2.45) is 0 Å². The normalized spacial score (nSPS) is 17.4. The van der Waals surface area contributed by atoms with Gasteiger partial charge in [-0.1, -0.05) is 6.07 Å². The number of nitrogens with one attached hydrogen (secondary N) is 2. The zero-order chi connectivity index (χ0) is 19.2. The van der Waals surface area contributed by atoms with Crippen LogP contribution in [-0.2, 0) is 22.7 Å². The summed E-state index contributed by atoms with van der Waals surface area (Å²) < 4.78 is 24.4. The number of benzene rings is 1. The van der Waals surface area contributed by atoms with Crippen molar-refractivity contribution < 1.29 is 23.1 Å². The molecule has 144 valence electrons. The van der Waals surface area contributed by atoms with E-state index in [9.17, 15) is 14.0 Å². The van der Waals surface area contributed by atoms with Crippen LogP contribution in [0.15, 0.2) is 41.0 Å². The summed E-state index contributed by atoms with van der Waals surface area (Å²) in [6, 6.07) is 7.46. The molecule has 1 atom stereocenters. The van der Waals surface area contributed by atoms with Crippen molar-refractivity contribution in [1.29, 1.82) is 0 Å². The number of ether oxygens (including phenoxy) is 1. The van der Waals surface area contributed by atoms with Gasteiger partial charge in [-0.25, -0.2) is 4.39 Å². The van der Waals surface area contributed by atoms with Gasteiger partial charge in [-0.05, 0) is 18.2 Å². The van der Waals surface area contributed by atoms with Crippen LogP contribution >= 0.6 is 0 Å². The first kappa shape index (κ1) is 18.9. The second-order valence-electron chi connectivity index (χ2n) is 6.29. The van der Waals surface area contributed by atoms with Crippen molar-refractivity contribution in [3.63, 3.8) is 0 Å². The molecular formula is C19H22FN3O4. The SMILES string of the molecule is COc1ccc(CN2CCNC(=O)[C@@H]2CC(=O)NCc2ccco2)c(F)c1. The summed E-state index contributed by atoms with van der Waals surface area (Å²) in [7, 11) is 1.47. The lowest BCUT2D eigenvalue weighted by Gasteiger charge is -2.34. The molecule has 0 radical (unpaired) electrons. The van der Waals surface area contributed by atoms with Gasteiger partial charge in [0.05, 0.1) is 32.4 Å². The number of nitrogens with zero attached hydrogens (tertiary/aromatic N) is 1. The van der Waals surface area contributed by atoms with Crippen molar-refractivity contribution in [1.82, 2.24) is 15.5 Å². The van der Waals surface area contributed by atoms with Crippen LogP contribution < -0.4 is 15.4 Å². The van der Waals surface area contributed by atoms with Crippen molar-refractivity contribution >= 4 is 11.8 Å². The van der Waals surface area contributed by atoms with E-state index >= 15 is 0 Å². The topological polar surface area (TPSA) is 83.8 Å². The van der Waals surface area contributed by atoms with E-state index in [1.165, 1.54) is 19.4 Å². The van der Waals surface area contributed by atoms with E-state index in [1.54, 1.807) is 24.3 Å². The average molecular weight is 375 g/mol. The predicted molar refractivity (Wildman–Crippen MR) is 95.3 cm³/mol. The predicted octanol–water partition coefficient (Wildman–Crippen LogP) is 1.43. The Balaban J connectivity index is 1.64. The van der Waals surface area contributed by atoms with E-state index in [2.05, 4.69) is 10.6 Å². The van der Waals surface area contributed by atoms with Crippen molar-refractivity contribution in [2.45, 2.75) is 25.6 Å². The number of piperazine rings is 1. The molecule has 27 heavy (non-hydrogen) atoms. The minimum Gasteiger partial charge on any atom is -0.497 e. The Bertz CT molecular complexity index is 794. The highest BCUT2D eigenvalue weighted by molar-refractivity contribution is 5.88. The van der Waals surface area contributed by atoms with Crippen molar-refractivity contribution in [3.05, 3.63) is 53.7 Å². The molecule has 0 spiro atoms. The third-order valence-corrected chi connectivity index (χ3v) is 4.49.